The second-order valence-electron chi connectivity index (χ2n) is 4.02. The lowest BCUT2D eigenvalue weighted by atomic mass is 10.1. The van der Waals surface area contributed by atoms with Gasteiger partial charge in [-0.15, -0.1) is 11.3 Å². The number of hydrogen-bond donors (Lipinski definition) is 0. The van der Waals surface area contributed by atoms with Gasteiger partial charge >= 0.3 is 0 Å². The molecule has 0 amide bonds. The minimum atomic E-state index is -0.304. The first-order valence-electron chi connectivity index (χ1n) is 4.79. The first kappa shape index (κ1) is 11.8. The first-order valence-corrected chi connectivity index (χ1v) is 8.27. The van der Waals surface area contributed by atoms with E-state index in [0.29, 0.717) is 12.2 Å². The van der Waals surface area contributed by atoms with Gasteiger partial charge in [0.25, 0.3) is 0 Å². The molecule has 3 rings (SSSR count). The molecule has 0 aromatic carbocycles. The molecule has 2 heterocycles. The fourth-order valence-electron chi connectivity index (χ4n) is 1.87. The minimum absolute atomic E-state index is 0.304. The van der Waals surface area contributed by atoms with Crippen LogP contribution in [0.3, 0.4) is 0 Å². The Hall–Kier alpha value is 0.730. The highest BCUT2D eigenvalue weighted by Gasteiger charge is 2.53. The molecule has 1 saturated carbocycles. The van der Waals surface area contributed by atoms with Crippen molar-refractivity contribution in [2.75, 3.05) is 0 Å². The van der Waals surface area contributed by atoms with E-state index in [2.05, 4.69) is 59.4 Å². The van der Waals surface area contributed by atoms with Gasteiger partial charge in [0, 0.05) is 3.57 Å². The summed E-state index contributed by atoms with van der Waals surface area (Å²) < 4.78 is 3.29. The number of aliphatic imine (C=N–C) groups is 1. The van der Waals surface area contributed by atoms with Crippen molar-refractivity contribution in [2.45, 2.75) is 24.8 Å². The van der Waals surface area contributed by atoms with Crippen molar-refractivity contribution >= 4 is 77.3 Å². The zero-order valence-electron chi connectivity index (χ0n) is 8.02. The Morgan fingerprint density at radius 1 is 1.38 bits per heavy atom. The topological polar surface area (TPSA) is 29.4 Å². The van der Waals surface area contributed by atoms with Crippen LogP contribution in [0.4, 0.5) is 0 Å². The summed E-state index contributed by atoms with van der Waals surface area (Å²) in [6, 6.07) is 0. The standard InChI is InChI=1S/C10H6Br2INOS/c11-6-7(13)8(16-9(6)12)4-3-5(15)10(14-4)1-2-10/h1-3H2. The van der Waals surface area contributed by atoms with Gasteiger partial charge in [0.05, 0.1) is 25.3 Å². The monoisotopic (exact) mass is 473 g/mol. The summed E-state index contributed by atoms with van der Waals surface area (Å²) in [5, 5.41) is 0. The molecule has 2 aliphatic rings. The number of nitrogens with zero attached hydrogens (tertiary/aromatic N) is 1. The lowest BCUT2D eigenvalue weighted by Crippen LogP contribution is -2.13. The van der Waals surface area contributed by atoms with Crippen LogP contribution < -0.4 is 0 Å². The quantitative estimate of drug-likeness (QED) is 0.562. The Bertz CT molecular complexity index is 533. The number of halogens is 3. The molecule has 84 valence electrons. The maximum absolute atomic E-state index is 11.8. The Kier molecular flexibility index (Phi) is 2.85. The zero-order chi connectivity index (χ0) is 11.5. The molecule has 6 heteroatoms. The van der Waals surface area contributed by atoms with Crippen molar-refractivity contribution < 1.29 is 4.79 Å². The van der Waals surface area contributed by atoms with Crippen molar-refractivity contribution in [1.82, 2.24) is 0 Å². The van der Waals surface area contributed by atoms with Gasteiger partial charge in [-0.3, -0.25) is 9.79 Å². The average Bonchev–Trinajstić information content (AvgIpc) is 2.89. The van der Waals surface area contributed by atoms with E-state index in [1.54, 1.807) is 11.3 Å². The van der Waals surface area contributed by atoms with Gasteiger partial charge in [-0.25, -0.2) is 0 Å². The molecule has 0 saturated heterocycles. The highest BCUT2D eigenvalue weighted by atomic mass is 127. The maximum Gasteiger partial charge on any atom is 0.166 e. The molecule has 0 atom stereocenters. The van der Waals surface area contributed by atoms with Gasteiger partial charge in [-0.1, -0.05) is 0 Å². The molecule has 0 radical (unpaired) electrons. The number of ketones is 1. The lowest BCUT2D eigenvalue weighted by molar-refractivity contribution is -0.119. The van der Waals surface area contributed by atoms with E-state index in [0.717, 1.165) is 35.3 Å². The van der Waals surface area contributed by atoms with Crippen molar-refractivity contribution in [3.8, 4) is 0 Å². The van der Waals surface area contributed by atoms with Crippen molar-refractivity contribution in [2.24, 2.45) is 4.99 Å². The highest BCUT2D eigenvalue weighted by molar-refractivity contribution is 14.1. The normalized spacial score (nSPS) is 21.7. The third-order valence-corrected chi connectivity index (χ3v) is 8.62. The van der Waals surface area contributed by atoms with E-state index < -0.39 is 0 Å². The molecule has 1 aromatic rings. The predicted molar refractivity (Wildman–Crippen MR) is 80.6 cm³/mol. The molecular formula is C10H6Br2INOS. The van der Waals surface area contributed by atoms with E-state index in [9.17, 15) is 4.79 Å². The van der Waals surface area contributed by atoms with Gasteiger partial charge in [-0.05, 0) is 67.3 Å². The fourth-order valence-corrected chi connectivity index (χ4v) is 5.39. The van der Waals surface area contributed by atoms with E-state index in [1.165, 1.54) is 0 Å². The Morgan fingerprint density at radius 3 is 2.50 bits per heavy atom. The molecule has 1 fully saturated rings. The third kappa shape index (κ3) is 1.67. The summed E-state index contributed by atoms with van der Waals surface area (Å²) >= 11 is 11.0. The van der Waals surface area contributed by atoms with E-state index in [-0.39, 0.29) is 5.54 Å². The van der Waals surface area contributed by atoms with Gasteiger partial charge in [0.2, 0.25) is 0 Å². The largest absolute Gasteiger partial charge is 0.297 e. The van der Waals surface area contributed by atoms with Crippen LogP contribution in [-0.4, -0.2) is 17.0 Å². The fraction of sp³-hybridized carbons (Fsp3) is 0.400. The molecule has 0 unspecified atom stereocenters. The predicted octanol–water partition coefficient (Wildman–Crippen LogP) is 4.17. The Morgan fingerprint density at radius 2 is 2.06 bits per heavy atom. The first-order chi connectivity index (χ1) is 7.53. The molecular weight excluding hydrogens is 469 g/mol. The number of hydrogen-bond acceptors (Lipinski definition) is 3. The summed E-state index contributed by atoms with van der Waals surface area (Å²) in [5.74, 6) is 0.305. The van der Waals surface area contributed by atoms with Crippen LogP contribution in [0.15, 0.2) is 13.3 Å². The third-order valence-electron chi connectivity index (χ3n) is 2.94. The van der Waals surface area contributed by atoms with Crippen molar-refractivity contribution in [3.63, 3.8) is 0 Å². The summed E-state index contributed by atoms with van der Waals surface area (Å²) in [6.07, 6.45) is 2.40. The zero-order valence-corrected chi connectivity index (χ0v) is 14.2. The highest BCUT2D eigenvalue weighted by Crippen LogP contribution is 2.48. The summed E-state index contributed by atoms with van der Waals surface area (Å²) in [5.41, 5.74) is 0.671. The van der Waals surface area contributed by atoms with Crippen LogP contribution in [0.5, 0.6) is 0 Å². The summed E-state index contributed by atoms with van der Waals surface area (Å²) in [4.78, 5) is 17.6. The molecule has 0 bridgehead atoms. The molecule has 1 aliphatic carbocycles. The second-order valence-corrected chi connectivity index (χ2v) is 8.23. The number of carbonyl (C=O) groups is 1. The van der Waals surface area contributed by atoms with Crippen LogP contribution in [0.1, 0.15) is 24.1 Å². The maximum atomic E-state index is 11.8. The molecule has 1 aromatic heterocycles. The van der Waals surface area contributed by atoms with Crippen molar-refractivity contribution in [1.29, 1.82) is 0 Å². The average molecular weight is 475 g/mol. The van der Waals surface area contributed by atoms with Crippen LogP contribution in [0.25, 0.3) is 0 Å². The van der Waals surface area contributed by atoms with Gasteiger partial charge in [-0.2, -0.15) is 0 Å². The molecule has 2 nitrogen and oxygen atoms in total. The van der Waals surface area contributed by atoms with Crippen LogP contribution >= 0.6 is 65.8 Å². The Balaban J connectivity index is 2.06. The van der Waals surface area contributed by atoms with Crippen LogP contribution in [-0.2, 0) is 4.79 Å². The molecule has 16 heavy (non-hydrogen) atoms. The Labute approximate surface area is 127 Å². The SMILES string of the molecule is O=C1CC(c2sc(Br)c(Br)c2I)=NC12CC2. The van der Waals surface area contributed by atoms with Crippen LogP contribution in [0.2, 0.25) is 0 Å². The van der Waals surface area contributed by atoms with E-state index in [1.807, 2.05) is 0 Å². The second kappa shape index (κ2) is 3.86. The summed E-state index contributed by atoms with van der Waals surface area (Å²) in [6.45, 7) is 0. The number of rotatable bonds is 1. The number of Topliss-reactive ketones (excluding diaryl/α,β-unsaturated/α-hetero) is 1. The van der Waals surface area contributed by atoms with Gasteiger partial charge < -0.3 is 0 Å². The van der Waals surface area contributed by atoms with E-state index >= 15 is 0 Å². The molecule has 1 spiro atoms. The minimum Gasteiger partial charge on any atom is -0.297 e. The van der Waals surface area contributed by atoms with Gasteiger partial charge in [0.15, 0.2) is 5.78 Å². The smallest absolute Gasteiger partial charge is 0.166 e. The van der Waals surface area contributed by atoms with Gasteiger partial charge in [0.1, 0.15) is 5.54 Å². The summed E-state index contributed by atoms with van der Waals surface area (Å²) in [7, 11) is 0. The lowest BCUT2D eigenvalue weighted by Gasteiger charge is -1.95. The number of thiophene rings is 1. The molecule has 0 N–H and O–H groups in total. The van der Waals surface area contributed by atoms with Crippen LogP contribution in [0, 0.1) is 3.57 Å². The van der Waals surface area contributed by atoms with Crippen molar-refractivity contribution in [3.05, 3.63) is 16.7 Å². The van der Waals surface area contributed by atoms with E-state index in [4.69, 9.17) is 0 Å². The molecule has 1 aliphatic heterocycles. The number of carbonyl (C=O) groups excluding carboxylic acids is 1.